The number of anilines is 1. The molecule has 3 saturated heterocycles. The molecule has 0 radical (unpaired) electrons. The van der Waals surface area contributed by atoms with Gasteiger partial charge in [-0.2, -0.15) is 0 Å². The van der Waals surface area contributed by atoms with Gasteiger partial charge in [-0.15, -0.1) is 12.4 Å². The first-order valence-electron chi connectivity index (χ1n) is 10.4. The van der Waals surface area contributed by atoms with E-state index < -0.39 is 0 Å². The number of hydrogen-bond acceptors (Lipinski definition) is 4. The van der Waals surface area contributed by atoms with Crippen molar-refractivity contribution in [3.05, 3.63) is 30.1 Å². The molecular formula is C21H30ClFN4O2. The average molecular weight is 425 g/mol. The normalized spacial score (nSPS) is 27.7. The van der Waals surface area contributed by atoms with Gasteiger partial charge in [0.05, 0.1) is 17.8 Å². The first-order chi connectivity index (χ1) is 13.6. The minimum atomic E-state index is -0.351. The standard InChI is InChI=1S/C21H29FN4O2.ClH/c22-16-6-1-2-8-18(16)26-12-9-19(21(26)28)25-11-4-5-15(14-25)13-24-20(27)17-7-3-10-23-17;/h1-2,6,8,15,17,19,23H,3-5,7,9-14H2,(H,24,27);1H. The highest BCUT2D eigenvalue weighted by Crippen LogP contribution is 2.29. The minimum absolute atomic E-state index is 0. The first-order valence-corrected chi connectivity index (χ1v) is 10.4. The van der Waals surface area contributed by atoms with E-state index >= 15 is 0 Å². The molecule has 0 bridgehead atoms. The fraction of sp³-hybridized carbons (Fsp3) is 0.619. The van der Waals surface area contributed by atoms with Crippen molar-refractivity contribution in [2.24, 2.45) is 5.92 Å². The number of nitrogens with one attached hydrogen (secondary N) is 2. The van der Waals surface area contributed by atoms with Gasteiger partial charge in [0.2, 0.25) is 11.8 Å². The Morgan fingerprint density at radius 3 is 2.76 bits per heavy atom. The summed E-state index contributed by atoms with van der Waals surface area (Å²) in [7, 11) is 0. The number of rotatable bonds is 5. The second kappa shape index (κ2) is 9.87. The second-order valence-corrected chi connectivity index (χ2v) is 8.14. The van der Waals surface area contributed by atoms with Crippen LogP contribution in [0.5, 0.6) is 0 Å². The Kier molecular flexibility index (Phi) is 7.49. The zero-order valence-corrected chi connectivity index (χ0v) is 17.4. The highest BCUT2D eigenvalue weighted by molar-refractivity contribution is 5.99. The van der Waals surface area contributed by atoms with Crippen LogP contribution in [-0.2, 0) is 9.59 Å². The summed E-state index contributed by atoms with van der Waals surface area (Å²) in [6, 6.07) is 6.23. The summed E-state index contributed by atoms with van der Waals surface area (Å²) in [6.45, 7) is 3.81. The van der Waals surface area contributed by atoms with Crippen LogP contribution in [0.4, 0.5) is 10.1 Å². The van der Waals surface area contributed by atoms with Crippen molar-refractivity contribution < 1.29 is 14.0 Å². The van der Waals surface area contributed by atoms with Gasteiger partial charge in [-0.1, -0.05) is 12.1 Å². The van der Waals surface area contributed by atoms with E-state index in [9.17, 15) is 14.0 Å². The third-order valence-electron chi connectivity index (χ3n) is 6.25. The Bertz CT molecular complexity index is 728. The van der Waals surface area contributed by atoms with E-state index in [-0.39, 0.29) is 42.1 Å². The maximum Gasteiger partial charge on any atom is 0.244 e. The smallest absolute Gasteiger partial charge is 0.244 e. The molecule has 3 unspecified atom stereocenters. The zero-order chi connectivity index (χ0) is 19.5. The number of halogens is 2. The number of carbonyl (C=O) groups excluding carboxylic acids is 2. The van der Waals surface area contributed by atoms with E-state index in [1.54, 1.807) is 23.1 Å². The molecule has 3 fully saturated rings. The Hall–Kier alpha value is -1.70. The SMILES string of the molecule is Cl.O=C(NCC1CCCN(C2CCN(c3ccccc3F)C2=O)C1)C1CCCN1. The molecule has 2 amide bonds. The molecule has 0 aliphatic carbocycles. The number of piperidine rings is 1. The number of likely N-dealkylation sites (tertiary alicyclic amines) is 1. The fourth-order valence-electron chi connectivity index (χ4n) is 4.74. The summed E-state index contributed by atoms with van der Waals surface area (Å²) >= 11 is 0. The summed E-state index contributed by atoms with van der Waals surface area (Å²) in [4.78, 5) is 29.0. The van der Waals surface area contributed by atoms with Crippen LogP contribution in [0, 0.1) is 11.7 Å². The third kappa shape index (κ3) is 4.90. The molecular weight excluding hydrogens is 395 g/mol. The van der Waals surface area contributed by atoms with Crippen LogP contribution in [-0.4, -0.2) is 61.5 Å². The van der Waals surface area contributed by atoms with E-state index in [1.807, 2.05) is 0 Å². The van der Waals surface area contributed by atoms with Gasteiger partial charge in [0, 0.05) is 19.6 Å². The summed E-state index contributed by atoms with van der Waals surface area (Å²) in [5.41, 5.74) is 0.375. The van der Waals surface area contributed by atoms with Gasteiger partial charge in [0.25, 0.3) is 0 Å². The molecule has 3 aliphatic rings. The molecule has 160 valence electrons. The van der Waals surface area contributed by atoms with Crippen molar-refractivity contribution >= 4 is 29.9 Å². The molecule has 3 atom stereocenters. The second-order valence-electron chi connectivity index (χ2n) is 8.14. The highest BCUT2D eigenvalue weighted by atomic mass is 35.5. The molecule has 1 aromatic carbocycles. The molecule has 6 nitrogen and oxygen atoms in total. The van der Waals surface area contributed by atoms with Crippen LogP contribution in [0.3, 0.4) is 0 Å². The molecule has 0 aromatic heterocycles. The van der Waals surface area contributed by atoms with E-state index in [0.717, 1.165) is 51.7 Å². The number of benzene rings is 1. The molecule has 3 heterocycles. The van der Waals surface area contributed by atoms with E-state index in [2.05, 4.69) is 15.5 Å². The topological polar surface area (TPSA) is 64.7 Å². The lowest BCUT2D eigenvalue weighted by Crippen LogP contribution is -2.50. The van der Waals surface area contributed by atoms with Crippen molar-refractivity contribution in [2.45, 2.75) is 44.2 Å². The van der Waals surface area contributed by atoms with Crippen molar-refractivity contribution in [3.8, 4) is 0 Å². The van der Waals surface area contributed by atoms with E-state index in [0.29, 0.717) is 24.7 Å². The van der Waals surface area contributed by atoms with E-state index in [4.69, 9.17) is 0 Å². The fourth-order valence-corrected chi connectivity index (χ4v) is 4.74. The average Bonchev–Trinajstić information content (AvgIpc) is 3.37. The summed E-state index contributed by atoms with van der Waals surface area (Å²) in [6.07, 6.45) is 4.76. The van der Waals surface area contributed by atoms with Gasteiger partial charge >= 0.3 is 0 Å². The molecule has 8 heteroatoms. The molecule has 1 aromatic rings. The minimum Gasteiger partial charge on any atom is -0.354 e. The highest BCUT2D eigenvalue weighted by Gasteiger charge is 2.39. The molecule has 2 N–H and O–H groups in total. The Morgan fingerprint density at radius 1 is 1.17 bits per heavy atom. The lowest BCUT2D eigenvalue weighted by Gasteiger charge is -2.36. The molecule has 29 heavy (non-hydrogen) atoms. The van der Waals surface area contributed by atoms with Crippen molar-refractivity contribution in [1.82, 2.24) is 15.5 Å². The number of nitrogens with zero attached hydrogens (tertiary/aromatic N) is 2. The summed E-state index contributed by atoms with van der Waals surface area (Å²) in [5.74, 6) is 0.0907. The largest absolute Gasteiger partial charge is 0.354 e. The van der Waals surface area contributed by atoms with Crippen LogP contribution in [0.1, 0.15) is 32.1 Å². The number of carbonyl (C=O) groups is 2. The predicted octanol–water partition coefficient (Wildman–Crippen LogP) is 1.93. The van der Waals surface area contributed by atoms with Crippen molar-refractivity contribution in [3.63, 3.8) is 0 Å². The van der Waals surface area contributed by atoms with Crippen LogP contribution >= 0.6 is 12.4 Å². The van der Waals surface area contributed by atoms with Gasteiger partial charge in [0.15, 0.2) is 0 Å². The van der Waals surface area contributed by atoms with Crippen LogP contribution < -0.4 is 15.5 Å². The zero-order valence-electron chi connectivity index (χ0n) is 16.6. The Morgan fingerprint density at radius 2 is 2.00 bits per heavy atom. The molecule has 4 rings (SSSR count). The Balaban J connectivity index is 0.00000240. The van der Waals surface area contributed by atoms with Gasteiger partial charge in [-0.05, 0) is 63.2 Å². The van der Waals surface area contributed by atoms with Gasteiger partial charge in [-0.3, -0.25) is 14.5 Å². The molecule has 0 spiro atoms. The van der Waals surface area contributed by atoms with Crippen LogP contribution in [0.2, 0.25) is 0 Å². The van der Waals surface area contributed by atoms with E-state index in [1.165, 1.54) is 6.07 Å². The van der Waals surface area contributed by atoms with Crippen LogP contribution in [0.15, 0.2) is 24.3 Å². The lowest BCUT2D eigenvalue weighted by atomic mass is 9.96. The van der Waals surface area contributed by atoms with Gasteiger partial charge in [-0.25, -0.2) is 4.39 Å². The van der Waals surface area contributed by atoms with Crippen LogP contribution in [0.25, 0.3) is 0 Å². The molecule has 3 aliphatic heterocycles. The number of amides is 2. The maximum absolute atomic E-state index is 14.1. The Labute approximate surface area is 177 Å². The monoisotopic (exact) mass is 424 g/mol. The first kappa shape index (κ1) is 22.0. The quantitative estimate of drug-likeness (QED) is 0.758. The summed E-state index contributed by atoms with van der Waals surface area (Å²) in [5, 5.41) is 6.31. The number of para-hydroxylation sites is 1. The maximum atomic E-state index is 14.1. The third-order valence-corrected chi connectivity index (χ3v) is 6.25. The number of hydrogen-bond donors (Lipinski definition) is 2. The summed E-state index contributed by atoms with van der Waals surface area (Å²) < 4.78 is 14.1. The molecule has 0 saturated carbocycles. The van der Waals surface area contributed by atoms with Gasteiger partial charge in [0.1, 0.15) is 5.82 Å². The van der Waals surface area contributed by atoms with Crippen molar-refractivity contribution in [2.75, 3.05) is 37.6 Å². The van der Waals surface area contributed by atoms with Gasteiger partial charge < -0.3 is 15.5 Å². The lowest BCUT2D eigenvalue weighted by molar-refractivity contribution is -0.124. The van der Waals surface area contributed by atoms with Crippen molar-refractivity contribution in [1.29, 1.82) is 0 Å². The predicted molar refractivity (Wildman–Crippen MR) is 113 cm³/mol.